The lowest BCUT2D eigenvalue weighted by atomic mass is 10.2. The lowest BCUT2D eigenvalue weighted by molar-refractivity contribution is -0.139. The van der Waals surface area contributed by atoms with Gasteiger partial charge in [0.1, 0.15) is 6.04 Å². The van der Waals surface area contributed by atoms with Crippen LogP contribution in [0.5, 0.6) is 0 Å². The third-order valence-electron chi connectivity index (χ3n) is 2.66. The molecule has 20 heavy (non-hydrogen) atoms. The fourth-order valence-electron chi connectivity index (χ4n) is 1.67. The lowest BCUT2D eigenvalue weighted by Gasteiger charge is -2.19. The molecular weight excluding hydrogens is 262 g/mol. The first-order valence-corrected chi connectivity index (χ1v) is 6.13. The fraction of sp³-hybridized carbons (Fsp3) is 0.385. The molecule has 0 bridgehead atoms. The molecule has 0 aliphatic rings. The maximum absolute atomic E-state index is 11.8. The normalized spacial score (nSPS) is 11.6. The second-order valence-corrected chi connectivity index (χ2v) is 4.41. The molecule has 7 nitrogen and oxygen atoms in total. The summed E-state index contributed by atoms with van der Waals surface area (Å²) >= 11 is 0. The number of benzene rings is 1. The minimum atomic E-state index is -1.19. The number of urea groups is 1. The number of rotatable bonds is 6. The van der Waals surface area contributed by atoms with Crippen LogP contribution in [0.2, 0.25) is 0 Å². The molecule has 0 aromatic heterocycles. The first kappa shape index (κ1) is 15.8. The van der Waals surface area contributed by atoms with Crippen LogP contribution < -0.4 is 15.5 Å². The number of carboxylic acids is 1. The van der Waals surface area contributed by atoms with Gasteiger partial charge in [0.05, 0.1) is 11.4 Å². The van der Waals surface area contributed by atoms with Gasteiger partial charge in [-0.3, -0.25) is 0 Å². The zero-order valence-corrected chi connectivity index (χ0v) is 11.5. The molecule has 1 rings (SSSR count). The van der Waals surface area contributed by atoms with Crippen LogP contribution in [0.15, 0.2) is 24.3 Å². The molecule has 0 radical (unpaired) electrons. The Kier molecular flexibility index (Phi) is 5.79. The van der Waals surface area contributed by atoms with Crippen LogP contribution in [0.3, 0.4) is 0 Å². The summed E-state index contributed by atoms with van der Waals surface area (Å²) in [6.45, 7) is -0.314. The predicted octanol–water partition coefficient (Wildman–Crippen LogP) is 0.710. The van der Waals surface area contributed by atoms with E-state index in [0.717, 1.165) is 5.69 Å². The summed E-state index contributed by atoms with van der Waals surface area (Å²) in [5, 5.41) is 22.6. The number of hydrogen-bond acceptors (Lipinski definition) is 4. The first-order valence-electron chi connectivity index (χ1n) is 6.13. The van der Waals surface area contributed by atoms with E-state index < -0.39 is 18.0 Å². The third-order valence-corrected chi connectivity index (χ3v) is 2.66. The van der Waals surface area contributed by atoms with Gasteiger partial charge in [-0.15, -0.1) is 0 Å². The van der Waals surface area contributed by atoms with E-state index in [2.05, 4.69) is 10.6 Å². The van der Waals surface area contributed by atoms with Crippen LogP contribution in [-0.2, 0) is 4.79 Å². The van der Waals surface area contributed by atoms with Gasteiger partial charge in [-0.25, -0.2) is 9.59 Å². The van der Waals surface area contributed by atoms with Gasteiger partial charge in [-0.05, 0) is 12.1 Å². The van der Waals surface area contributed by atoms with E-state index in [0.29, 0.717) is 5.69 Å². The number of carboxylic acid groups (broad SMARTS) is 1. The summed E-state index contributed by atoms with van der Waals surface area (Å²) in [5.74, 6) is -1.19. The number of hydrogen-bond donors (Lipinski definition) is 4. The number of nitrogens with one attached hydrogen (secondary N) is 2. The molecule has 1 atom stereocenters. The average Bonchev–Trinajstić information content (AvgIpc) is 2.38. The Balaban J connectivity index is 2.73. The van der Waals surface area contributed by atoms with Gasteiger partial charge in [-0.2, -0.15) is 0 Å². The third kappa shape index (κ3) is 4.43. The van der Waals surface area contributed by atoms with Gasteiger partial charge in [0, 0.05) is 27.1 Å². The van der Waals surface area contributed by atoms with E-state index in [-0.39, 0.29) is 13.0 Å². The molecule has 7 heteroatoms. The van der Waals surface area contributed by atoms with Gasteiger partial charge in [0.25, 0.3) is 0 Å². The zero-order chi connectivity index (χ0) is 15.1. The minimum Gasteiger partial charge on any atom is -0.480 e. The van der Waals surface area contributed by atoms with Gasteiger partial charge in [-0.1, -0.05) is 12.1 Å². The van der Waals surface area contributed by atoms with Crippen LogP contribution in [0.1, 0.15) is 6.42 Å². The molecule has 2 amide bonds. The summed E-state index contributed by atoms with van der Waals surface area (Å²) in [7, 11) is 3.68. The topological polar surface area (TPSA) is 102 Å². The van der Waals surface area contributed by atoms with Crippen LogP contribution in [0, 0.1) is 0 Å². The Morgan fingerprint density at radius 2 is 1.95 bits per heavy atom. The standard InChI is InChI=1S/C13H19N3O4/c1-16(2)11-6-4-3-5-9(11)14-13(20)15-10(7-8-17)12(18)19/h3-6,10,17H,7-8H2,1-2H3,(H,18,19)(H2,14,15,20)/t10-/m0/s1. The van der Waals surface area contributed by atoms with Crippen molar-refractivity contribution in [2.75, 3.05) is 30.9 Å². The molecule has 0 saturated heterocycles. The number of para-hydroxylation sites is 2. The number of carbonyl (C=O) groups excluding carboxylic acids is 1. The van der Waals surface area contributed by atoms with Crippen molar-refractivity contribution in [2.45, 2.75) is 12.5 Å². The monoisotopic (exact) mass is 281 g/mol. The molecule has 0 unspecified atom stereocenters. The van der Waals surface area contributed by atoms with Crippen LogP contribution in [-0.4, -0.2) is 49.0 Å². The molecule has 0 fully saturated rings. The highest BCUT2D eigenvalue weighted by molar-refractivity contribution is 5.95. The molecule has 0 spiro atoms. The summed E-state index contributed by atoms with van der Waals surface area (Å²) in [5.41, 5.74) is 1.37. The van der Waals surface area contributed by atoms with Crippen molar-refractivity contribution in [2.24, 2.45) is 0 Å². The number of anilines is 2. The van der Waals surface area contributed by atoms with E-state index in [1.54, 1.807) is 12.1 Å². The van der Waals surface area contributed by atoms with Crippen molar-refractivity contribution in [1.29, 1.82) is 0 Å². The molecular formula is C13H19N3O4. The van der Waals surface area contributed by atoms with E-state index in [4.69, 9.17) is 10.2 Å². The van der Waals surface area contributed by atoms with Gasteiger partial charge in [0.15, 0.2) is 0 Å². The van der Waals surface area contributed by atoms with Crippen molar-refractivity contribution in [3.05, 3.63) is 24.3 Å². The van der Waals surface area contributed by atoms with Gasteiger partial charge >= 0.3 is 12.0 Å². The maximum Gasteiger partial charge on any atom is 0.326 e. The second kappa shape index (κ2) is 7.34. The first-order chi connectivity index (χ1) is 9.45. The van der Waals surface area contributed by atoms with Gasteiger partial charge < -0.3 is 25.7 Å². The van der Waals surface area contributed by atoms with Crippen molar-refractivity contribution in [1.82, 2.24) is 5.32 Å². The van der Waals surface area contributed by atoms with Crippen molar-refractivity contribution >= 4 is 23.4 Å². The average molecular weight is 281 g/mol. The molecule has 1 aromatic carbocycles. The van der Waals surface area contributed by atoms with Crippen LogP contribution in [0.4, 0.5) is 16.2 Å². The molecule has 0 heterocycles. The smallest absolute Gasteiger partial charge is 0.326 e. The van der Waals surface area contributed by atoms with E-state index in [9.17, 15) is 9.59 Å². The molecule has 4 N–H and O–H groups in total. The minimum absolute atomic E-state index is 0.0436. The van der Waals surface area contributed by atoms with E-state index in [1.165, 1.54) is 0 Å². The molecule has 110 valence electrons. The summed E-state index contributed by atoms with van der Waals surface area (Å²) in [4.78, 5) is 24.5. The second-order valence-electron chi connectivity index (χ2n) is 4.41. The quantitative estimate of drug-likeness (QED) is 0.615. The van der Waals surface area contributed by atoms with E-state index >= 15 is 0 Å². The number of carbonyl (C=O) groups is 2. The zero-order valence-electron chi connectivity index (χ0n) is 11.5. The Hall–Kier alpha value is -2.28. The highest BCUT2D eigenvalue weighted by atomic mass is 16.4. The molecule has 0 saturated carbocycles. The Bertz CT molecular complexity index is 476. The van der Waals surface area contributed by atoms with Crippen molar-refractivity contribution < 1.29 is 19.8 Å². The van der Waals surface area contributed by atoms with Crippen LogP contribution >= 0.6 is 0 Å². The summed E-state index contributed by atoms with van der Waals surface area (Å²) in [6, 6.07) is 5.41. The maximum atomic E-state index is 11.8. The highest BCUT2D eigenvalue weighted by Gasteiger charge is 2.19. The number of nitrogens with zero attached hydrogens (tertiary/aromatic N) is 1. The summed E-state index contributed by atoms with van der Waals surface area (Å²) < 4.78 is 0. The Morgan fingerprint density at radius 1 is 1.30 bits per heavy atom. The van der Waals surface area contributed by atoms with Crippen molar-refractivity contribution in [3.63, 3.8) is 0 Å². The number of aliphatic carboxylic acids is 1. The number of aliphatic hydroxyl groups is 1. The Labute approximate surface area is 117 Å². The van der Waals surface area contributed by atoms with E-state index in [1.807, 2.05) is 31.1 Å². The Morgan fingerprint density at radius 3 is 2.50 bits per heavy atom. The molecule has 1 aromatic rings. The highest BCUT2D eigenvalue weighted by Crippen LogP contribution is 2.23. The number of aliphatic hydroxyl groups excluding tert-OH is 1. The SMILES string of the molecule is CN(C)c1ccccc1NC(=O)N[C@@H](CCO)C(=O)O. The lowest BCUT2D eigenvalue weighted by Crippen LogP contribution is -2.43. The predicted molar refractivity (Wildman–Crippen MR) is 76.1 cm³/mol. The fourth-order valence-corrected chi connectivity index (χ4v) is 1.67. The summed E-state index contributed by atoms with van der Waals surface area (Å²) in [6.07, 6.45) is -0.0436. The van der Waals surface area contributed by atoms with Crippen LogP contribution in [0.25, 0.3) is 0 Å². The molecule has 0 aliphatic heterocycles. The largest absolute Gasteiger partial charge is 0.480 e. The van der Waals surface area contributed by atoms with Gasteiger partial charge in [0.2, 0.25) is 0 Å². The van der Waals surface area contributed by atoms with Crippen molar-refractivity contribution in [3.8, 4) is 0 Å². The molecule has 0 aliphatic carbocycles. The number of amides is 2.